The molecule has 3 rings (SSSR count). The van der Waals surface area contributed by atoms with Crippen LogP contribution in [-0.2, 0) is 16.1 Å². The lowest BCUT2D eigenvalue weighted by Crippen LogP contribution is -2.41. The Hall–Kier alpha value is -1.57. The third kappa shape index (κ3) is 4.49. The minimum atomic E-state index is 0.00761. The third-order valence-electron chi connectivity index (χ3n) is 4.73. The molecule has 24 heavy (non-hydrogen) atoms. The zero-order valence-electron chi connectivity index (χ0n) is 14.0. The second-order valence-electron chi connectivity index (χ2n) is 6.60. The predicted molar refractivity (Wildman–Crippen MR) is 89.2 cm³/mol. The second-order valence-corrected chi connectivity index (χ2v) is 7.53. The van der Waals surface area contributed by atoms with Gasteiger partial charge in [0.05, 0.1) is 12.3 Å². The highest BCUT2D eigenvalue weighted by molar-refractivity contribution is 7.99. The lowest BCUT2D eigenvalue weighted by Gasteiger charge is -2.29. The lowest BCUT2D eigenvalue weighted by molar-refractivity contribution is -0.128. The molecule has 0 aromatic carbocycles. The summed E-state index contributed by atoms with van der Waals surface area (Å²) >= 11 is 1.24. The molecule has 0 bridgehead atoms. The van der Waals surface area contributed by atoms with Crippen LogP contribution in [0.4, 0.5) is 0 Å². The van der Waals surface area contributed by atoms with E-state index in [1.807, 2.05) is 0 Å². The number of hydrogen-bond donors (Lipinski definition) is 1. The average Bonchev–Trinajstić information content (AvgIpc) is 3.18. The van der Waals surface area contributed by atoms with Gasteiger partial charge in [-0.25, -0.2) is 0 Å². The Balaban J connectivity index is 1.43. The van der Waals surface area contributed by atoms with E-state index in [1.165, 1.54) is 31.0 Å². The molecule has 1 aliphatic carbocycles. The van der Waals surface area contributed by atoms with Crippen molar-refractivity contribution in [2.24, 2.45) is 5.92 Å². The second kappa shape index (κ2) is 8.00. The van der Waals surface area contributed by atoms with E-state index in [9.17, 15) is 9.59 Å². The smallest absolute Gasteiger partial charge is 0.277 e. The van der Waals surface area contributed by atoms with Crippen LogP contribution in [0.5, 0.6) is 0 Å². The molecule has 132 valence electrons. The lowest BCUT2D eigenvalue weighted by atomic mass is 9.86. The summed E-state index contributed by atoms with van der Waals surface area (Å²) in [5, 5.41) is 11.4. The Labute approximate surface area is 145 Å². The van der Waals surface area contributed by atoms with Crippen molar-refractivity contribution in [3.63, 3.8) is 0 Å². The van der Waals surface area contributed by atoms with E-state index in [4.69, 9.17) is 4.42 Å². The van der Waals surface area contributed by atoms with E-state index in [-0.39, 0.29) is 23.6 Å². The molecule has 8 heteroatoms. The zero-order valence-corrected chi connectivity index (χ0v) is 14.8. The van der Waals surface area contributed by atoms with Crippen LogP contribution in [0.25, 0.3) is 0 Å². The number of nitrogens with one attached hydrogen (secondary N) is 1. The quantitative estimate of drug-likeness (QED) is 0.788. The van der Waals surface area contributed by atoms with Crippen LogP contribution < -0.4 is 5.32 Å². The van der Waals surface area contributed by atoms with Gasteiger partial charge in [-0.1, -0.05) is 31.5 Å². The number of aromatic nitrogens is 2. The van der Waals surface area contributed by atoms with Gasteiger partial charge in [0.1, 0.15) is 0 Å². The van der Waals surface area contributed by atoms with Crippen molar-refractivity contribution < 1.29 is 14.0 Å². The van der Waals surface area contributed by atoms with E-state index in [0.717, 1.165) is 19.4 Å². The highest BCUT2D eigenvalue weighted by Gasteiger charge is 2.24. The van der Waals surface area contributed by atoms with E-state index < -0.39 is 0 Å². The number of carbonyl (C=O) groups is 2. The van der Waals surface area contributed by atoms with Crippen molar-refractivity contribution in [2.45, 2.75) is 63.3 Å². The van der Waals surface area contributed by atoms with Crippen molar-refractivity contribution in [3.8, 4) is 0 Å². The molecule has 1 aromatic rings. The minimum Gasteiger partial charge on any atom is -0.414 e. The molecule has 1 saturated heterocycles. The maximum atomic E-state index is 12.1. The van der Waals surface area contributed by atoms with E-state index >= 15 is 0 Å². The fraction of sp³-hybridized carbons (Fsp3) is 0.750. The first-order valence-electron chi connectivity index (χ1n) is 8.64. The SMILES string of the molecule is CC1CCCCC1NC(=O)CSc1nnc(CN2CCCC2=O)o1. The minimum absolute atomic E-state index is 0.00761. The van der Waals surface area contributed by atoms with Crippen molar-refractivity contribution in [3.05, 3.63) is 5.89 Å². The molecule has 2 aliphatic rings. The molecule has 1 aliphatic heterocycles. The summed E-state index contributed by atoms with van der Waals surface area (Å²) in [7, 11) is 0. The molecule has 2 unspecified atom stereocenters. The molecule has 2 atom stereocenters. The number of thioether (sulfide) groups is 1. The third-order valence-corrected chi connectivity index (χ3v) is 5.55. The number of likely N-dealkylation sites (tertiary alicyclic amines) is 1. The average molecular weight is 352 g/mol. The Kier molecular flexibility index (Phi) is 5.76. The highest BCUT2D eigenvalue weighted by atomic mass is 32.2. The molecule has 0 radical (unpaired) electrons. The van der Waals surface area contributed by atoms with Crippen LogP contribution in [0.2, 0.25) is 0 Å². The summed E-state index contributed by atoms with van der Waals surface area (Å²) < 4.78 is 5.52. The van der Waals surface area contributed by atoms with Crippen LogP contribution in [-0.4, -0.2) is 45.3 Å². The maximum Gasteiger partial charge on any atom is 0.277 e. The van der Waals surface area contributed by atoms with Gasteiger partial charge in [-0.3, -0.25) is 9.59 Å². The Morgan fingerprint density at radius 3 is 2.92 bits per heavy atom. The molecule has 2 amide bonds. The molecular weight excluding hydrogens is 328 g/mol. The maximum absolute atomic E-state index is 12.1. The van der Waals surface area contributed by atoms with Gasteiger partial charge in [0, 0.05) is 19.0 Å². The van der Waals surface area contributed by atoms with Gasteiger partial charge < -0.3 is 14.6 Å². The van der Waals surface area contributed by atoms with Crippen molar-refractivity contribution in [2.75, 3.05) is 12.3 Å². The number of carbonyl (C=O) groups excluding carboxylic acids is 2. The van der Waals surface area contributed by atoms with Crippen molar-refractivity contribution in [1.29, 1.82) is 0 Å². The zero-order chi connectivity index (χ0) is 16.9. The molecule has 2 fully saturated rings. The molecule has 2 heterocycles. The van der Waals surface area contributed by atoms with Gasteiger partial charge in [0.25, 0.3) is 5.22 Å². The number of hydrogen-bond acceptors (Lipinski definition) is 6. The highest BCUT2D eigenvalue weighted by Crippen LogP contribution is 2.24. The predicted octanol–water partition coefficient (Wildman–Crippen LogP) is 1.98. The fourth-order valence-electron chi connectivity index (χ4n) is 3.30. The molecule has 1 aromatic heterocycles. The van der Waals surface area contributed by atoms with Crippen LogP contribution in [0.15, 0.2) is 9.64 Å². The monoisotopic (exact) mass is 352 g/mol. The van der Waals surface area contributed by atoms with E-state index in [1.54, 1.807) is 4.90 Å². The number of amides is 2. The van der Waals surface area contributed by atoms with Crippen LogP contribution in [0, 0.1) is 5.92 Å². The first-order valence-corrected chi connectivity index (χ1v) is 9.62. The van der Waals surface area contributed by atoms with Crippen molar-refractivity contribution >= 4 is 23.6 Å². The summed E-state index contributed by atoms with van der Waals surface area (Å²) in [5.41, 5.74) is 0. The Morgan fingerprint density at radius 1 is 1.33 bits per heavy atom. The summed E-state index contributed by atoms with van der Waals surface area (Å²) in [6.07, 6.45) is 6.16. The summed E-state index contributed by atoms with van der Waals surface area (Å²) in [6, 6.07) is 0.284. The molecular formula is C16H24N4O3S. The van der Waals surface area contributed by atoms with E-state index in [2.05, 4.69) is 22.4 Å². The summed E-state index contributed by atoms with van der Waals surface area (Å²) in [5.74, 6) is 1.37. The first-order chi connectivity index (χ1) is 11.6. The van der Waals surface area contributed by atoms with Crippen LogP contribution >= 0.6 is 11.8 Å². The normalized spacial score (nSPS) is 24.4. The van der Waals surface area contributed by atoms with Gasteiger partial charge in [-0.05, 0) is 25.2 Å². The Bertz CT molecular complexity index is 592. The fourth-order valence-corrected chi connectivity index (χ4v) is 3.89. The standard InChI is InChI=1S/C16H24N4O3S/c1-11-5-2-3-6-12(11)17-13(21)10-24-16-19-18-14(23-16)9-20-8-4-7-15(20)22/h11-12H,2-10H2,1H3,(H,17,21). The van der Waals surface area contributed by atoms with Crippen molar-refractivity contribution in [1.82, 2.24) is 20.4 Å². The largest absolute Gasteiger partial charge is 0.414 e. The summed E-state index contributed by atoms with van der Waals surface area (Å²) in [4.78, 5) is 25.4. The molecule has 1 N–H and O–H groups in total. The van der Waals surface area contributed by atoms with Gasteiger partial charge in [-0.2, -0.15) is 0 Å². The molecule has 1 saturated carbocycles. The van der Waals surface area contributed by atoms with Gasteiger partial charge in [-0.15, -0.1) is 10.2 Å². The van der Waals surface area contributed by atoms with Gasteiger partial charge >= 0.3 is 0 Å². The van der Waals surface area contributed by atoms with E-state index in [0.29, 0.717) is 30.0 Å². The number of nitrogens with zero attached hydrogens (tertiary/aromatic N) is 3. The van der Waals surface area contributed by atoms with Gasteiger partial charge in [0.15, 0.2) is 0 Å². The first kappa shape index (κ1) is 17.3. The molecule has 0 spiro atoms. The molecule has 7 nitrogen and oxygen atoms in total. The topological polar surface area (TPSA) is 88.3 Å². The Morgan fingerprint density at radius 2 is 2.17 bits per heavy atom. The van der Waals surface area contributed by atoms with Crippen LogP contribution in [0.3, 0.4) is 0 Å². The van der Waals surface area contributed by atoms with Gasteiger partial charge in [0.2, 0.25) is 17.7 Å². The number of rotatable bonds is 6. The summed E-state index contributed by atoms with van der Waals surface area (Å²) in [6.45, 7) is 3.30. The van der Waals surface area contributed by atoms with Crippen LogP contribution in [0.1, 0.15) is 51.3 Å².